The van der Waals surface area contributed by atoms with Gasteiger partial charge in [-0.25, -0.2) is 4.79 Å². The molecule has 2 rings (SSSR count). The number of amides is 2. The highest BCUT2D eigenvalue weighted by Gasteiger charge is 2.40. The minimum absolute atomic E-state index is 0.0881. The van der Waals surface area contributed by atoms with E-state index in [1.807, 2.05) is 6.92 Å². The summed E-state index contributed by atoms with van der Waals surface area (Å²) >= 11 is 0. The summed E-state index contributed by atoms with van der Waals surface area (Å²) in [4.78, 5) is 25.1. The van der Waals surface area contributed by atoms with Crippen molar-refractivity contribution in [3.05, 3.63) is 0 Å². The second kappa shape index (κ2) is 6.02. The molecule has 0 bridgehead atoms. The fourth-order valence-corrected chi connectivity index (χ4v) is 3.83. The van der Waals surface area contributed by atoms with Gasteiger partial charge >= 0.3 is 12.0 Å². The molecule has 0 spiro atoms. The molecular formula is C15H26N2O3. The summed E-state index contributed by atoms with van der Waals surface area (Å²) < 4.78 is 0. The van der Waals surface area contributed by atoms with Crippen LogP contribution in [0.4, 0.5) is 4.79 Å². The Bertz CT molecular complexity index is 385. The van der Waals surface area contributed by atoms with Crippen molar-refractivity contribution in [1.29, 1.82) is 0 Å². The highest BCUT2D eigenvalue weighted by atomic mass is 16.4. The van der Waals surface area contributed by atoms with E-state index in [4.69, 9.17) is 5.11 Å². The predicted octanol–water partition coefficient (Wildman–Crippen LogP) is 2.32. The van der Waals surface area contributed by atoms with Crippen molar-refractivity contribution in [2.45, 2.75) is 58.5 Å². The molecule has 0 aromatic heterocycles. The van der Waals surface area contributed by atoms with Crippen LogP contribution in [0.2, 0.25) is 0 Å². The first-order chi connectivity index (χ1) is 9.45. The van der Waals surface area contributed by atoms with Crippen molar-refractivity contribution >= 4 is 12.0 Å². The largest absolute Gasteiger partial charge is 0.481 e. The van der Waals surface area contributed by atoms with Gasteiger partial charge in [0.1, 0.15) is 0 Å². The maximum Gasteiger partial charge on any atom is 0.317 e. The quantitative estimate of drug-likeness (QED) is 0.834. The van der Waals surface area contributed by atoms with E-state index in [1.165, 1.54) is 6.42 Å². The monoisotopic (exact) mass is 282 g/mol. The maximum atomic E-state index is 12.3. The van der Waals surface area contributed by atoms with Crippen molar-refractivity contribution in [1.82, 2.24) is 10.2 Å². The Hall–Kier alpha value is -1.26. The third-order valence-electron chi connectivity index (χ3n) is 5.39. The molecule has 5 unspecified atom stereocenters. The van der Waals surface area contributed by atoms with Crippen molar-refractivity contribution in [3.8, 4) is 0 Å². The van der Waals surface area contributed by atoms with E-state index in [-0.39, 0.29) is 18.1 Å². The van der Waals surface area contributed by atoms with Gasteiger partial charge < -0.3 is 15.3 Å². The standard InChI is InChI=1S/C15H26N2O3/c1-4-11-5-6-13(9(11)2)16-15(20)17-8-7-12(10(17)3)14(18)19/h9-13H,4-8H2,1-3H3,(H,16,20)(H,18,19). The molecule has 20 heavy (non-hydrogen) atoms. The molecular weight excluding hydrogens is 256 g/mol. The molecule has 2 N–H and O–H groups in total. The molecule has 2 amide bonds. The molecule has 0 radical (unpaired) electrons. The fraction of sp³-hybridized carbons (Fsp3) is 0.867. The van der Waals surface area contributed by atoms with Gasteiger partial charge in [-0.3, -0.25) is 4.79 Å². The van der Waals surface area contributed by atoms with E-state index in [0.717, 1.165) is 12.8 Å². The highest BCUT2D eigenvalue weighted by Crippen LogP contribution is 2.34. The number of carboxylic acids is 1. The number of carbonyl (C=O) groups excluding carboxylic acids is 1. The van der Waals surface area contributed by atoms with Crippen LogP contribution in [-0.4, -0.2) is 40.6 Å². The summed E-state index contributed by atoms with van der Waals surface area (Å²) in [6.45, 7) is 6.78. The van der Waals surface area contributed by atoms with Gasteiger partial charge in [-0.1, -0.05) is 20.3 Å². The van der Waals surface area contributed by atoms with E-state index in [2.05, 4.69) is 19.2 Å². The number of carboxylic acid groups (broad SMARTS) is 1. The van der Waals surface area contributed by atoms with E-state index in [0.29, 0.717) is 24.8 Å². The molecule has 1 saturated heterocycles. The zero-order chi connectivity index (χ0) is 14.9. The number of carbonyl (C=O) groups is 2. The number of hydrogen-bond donors (Lipinski definition) is 2. The van der Waals surface area contributed by atoms with E-state index >= 15 is 0 Å². The summed E-state index contributed by atoms with van der Waals surface area (Å²) in [5.74, 6) is -0.0153. The zero-order valence-corrected chi connectivity index (χ0v) is 12.6. The number of urea groups is 1. The lowest BCUT2D eigenvalue weighted by molar-refractivity contribution is -0.142. The summed E-state index contributed by atoms with van der Waals surface area (Å²) in [6, 6.07) is -0.0652. The van der Waals surface area contributed by atoms with Crippen LogP contribution in [0.1, 0.15) is 46.5 Å². The number of hydrogen-bond acceptors (Lipinski definition) is 2. The Kier molecular flexibility index (Phi) is 4.55. The third kappa shape index (κ3) is 2.76. The zero-order valence-electron chi connectivity index (χ0n) is 12.6. The molecule has 1 aliphatic carbocycles. The SMILES string of the molecule is CCC1CCC(NC(=O)N2CCC(C(=O)O)C2C)C1C. The Balaban J connectivity index is 1.92. The van der Waals surface area contributed by atoms with Gasteiger partial charge in [0.05, 0.1) is 5.92 Å². The first-order valence-electron chi connectivity index (χ1n) is 7.75. The lowest BCUT2D eigenvalue weighted by Gasteiger charge is -2.27. The number of nitrogens with one attached hydrogen (secondary N) is 1. The van der Waals surface area contributed by atoms with Crippen LogP contribution in [0.25, 0.3) is 0 Å². The Morgan fingerprint density at radius 2 is 1.95 bits per heavy atom. The lowest BCUT2D eigenvalue weighted by Crippen LogP contribution is -2.48. The fourth-order valence-electron chi connectivity index (χ4n) is 3.83. The lowest BCUT2D eigenvalue weighted by atomic mass is 9.93. The Morgan fingerprint density at radius 1 is 1.25 bits per heavy atom. The van der Waals surface area contributed by atoms with Crippen molar-refractivity contribution in [2.24, 2.45) is 17.8 Å². The topological polar surface area (TPSA) is 69.6 Å². The maximum absolute atomic E-state index is 12.3. The molecule has 5 atom stereocenters. The van der Waals surface area contributed by atoms with Gasteiger partial charge in [-0.2, -0.15) is 0 Å². The Morgan fingerprint density at radius 3 is 2.45 bits per heavy atom. The molecule has 114 valence electrons. The molecule has 0 aromatic rings. The molecule has 0 aromatic carbocycles. The van der Waals surface area contributed by atoms with E-state index in [9.17, 15) is 9.59 Å². The van der Waals surface area contributed by atoms with Gasteiger partial charge in [-0.15, -0.1) is 0 Å². The van der Waals surface area contributed by atoms with Crippen molar-refractivity contribution in [2.75, 3.05) is 6.54 Å². The van der Waals surface area contributed by atoms with Gasteiger partial charge in [-0.05, 0) is 38.0 Å². The first-order valence-corrected chi connectivity index (χ1v) is 7.75. The van der Waals surface area contributed by atoms with Gasteiger partial charge in [0, 0.05) is 18.6 Å². The minimum Gasteiger partial charge on any atom is -0.481 e. The summed E-state index contributed by atoms with van der Waals surface area (Å²) in [7, 11) is 0. The first kappa shape index (κ1) is 15.1. The second-order valence-corrected chi connectivity index (χ2v) is 6.33. The van der Waals surface area contributed by atoms with Crippen LogP contribution < -0.4 is 5.32 Å². The smallest absolute Gasteiger partial charge is 0.317 e. The van der Waals surface area contributed by atoms with Crippen LogP contribution >= 0.6 is 0 Å². The van der Waals surface area contributed by atoms with Gasteiger partial charge in [0.15, 0.2) is 0 Å². The average molecular weight is 282 g/mol. The molecule has 1 heterocycles. The average Bonchev–Trinajstić information content (AvgIpc) is 2.94. The summed E-state index contributed by atoms with van der Waals surface area (Å²) in [5, 5.41) is 12.2. The minimum atomic E-state index is -0.798. The van der Waals surface area contributed by atoms with E-state index < -0.39 is 11.9 Å². The van der Waals surface area contributed by atoms with Gasteiger partial charge in [0.2, 0.25) is 0 Å². The van der Waals surface area contributed by atoms with E-state index in [1.54, 1.807) is 4.90 Å². The molecule has 1 aliphatic heterocycles. The Labute approximate surface area is 120 Å². The second-order valence-electron chi connectivity index (χ2n) is 6.33. The van der Waals surface area contributed by atoms with Crippen LogP contribution in [0, 0.1) is 17.8 Å². The van der Waals surface area contributed by atoms with Crippen LogP contribution in [0.5, 0.6) is 0 Å². The van der Waals surface area contributed by atoms with Crippen LogP contribution in [0.3, 0.4) is 0 Å². The predicted molar refractivity (Wildman–Crippen MR) is 76.4 cm³/mol. The number of rotatable bonds is 3. The number of aliphatic carboxylic acids is 1. The summed E-state index contributed by atoms with van der Waals surface area (Å²) in [5.41, 5.74) is 0. The van der Waals surface area contributed by atoms with Crippen LogP contribution in [0.15, 0.2) is 0 Å². The molecule has 5 heteroatoms. The summed E-state index contributed by atoms with van der Waals surface area (Å²) in [6.07, 6.45) is 3.93. The molecule has 1 saturated carbocycles. The highest BCUT2D eigenvalue weighted by molar-refractivity contribution is 5.78. The molecule has 5 nitrogen and oxygen atoms in total. The molecule has 2 fully saturated rings. The number of nitrogens with zero attached hydrogens (tertiary/aromatic N) is 1. The normalized spacial score (nSPS) is 37.1. The number of likely N-dealkylation sites (tertiary alicyclic amines) is 1. The van der Waals surface area contributed by atoms with Gasteiger partial charge in [0.25, 0.3) is 0 Å². The van der Waals surface area contributed by atoms with Crippen LogP contribution in [-0.2, 0) is 4.79 Å². The molecule has 2 aliphatic rings. The third-order valence-corrected chi connectivity index (χ3v) is 5.39. The van der Waals surface area contributed by atoms with Crippen molar-refractivity contribution in [3.63, 3.8) is 0 Å². The van der Waals surface area contributed by atoms with Crippen molar-refractivity contribution < 1.29 is 14.7 Å².